The summed E-state index contributed by atoms with van der Waals surface area (Å²) in [5, 5.41) is 13.0. The Bertz CT molecular complexity index is 3300. The van der Waals surface area contributed by atoms with Crippen molar-refractivity contribution in [3.8, 4) is 107 Å². The zero-order valence-electron chi connectivity index (χ0n) is 34.3. The van der Waals surface area contributed by atoms with Crippen LogP contribution in [0.4, 0.5) is 0 Å². The molecule has 1 aliphatic carbocycles. The molecule has 1 heterocycles. The Morgan fingerprint density at radius 3 is 1.40 bits per heavy atom. The molecule has 0 bridgehead atoms. The number of hydrogen-bond donors (Lipinski definition) is 0. The van der Waals surface area contributed by atoms with Crippen LogP contribution in [0.2, 0.25) is 0 Å². The largest absolute Gasteiger partial charge is 0.208 e. The number of benzene rings is 9. The topological polar surface area (TPSA) is 62.5 Å². The van der Waals surface area contributed by atoms with Gasteiger partial charge < -0.3 is 0 Å². The van der Waals surface area contributed by atoms with Crippen molar-refractivity contribution in [2.45, 2.75) is 13.8 Å². The summed E-state index contributed by atoms with van der Waals surface area (Å²) < 4.78 is 0. The number of nitriles is 1. The molecule has 0 aliphatic heterocycles. The second-order valence-electron chi connectivity index (χ2n) is 16.0. The quantitative estimate of drug-likeness (QED) is 0.161. The van der Waals surface area contributed by atoms with Gasteiger partial charge >= 0.3 is 0 Å². The van der Waals surface area contributed by atoms with Crippen LogP contribution >= 0.6 is 0 Å². The molecule has 4 nitrogen and oxygen atoms in total. The fourth-order valence-electron chi connectivity index (χ4n) is 8.92. The molecule has 0 N–H and O–H groups in total. The molecular weight excluding hydrogens is 753 g/mol. The molecule has 0 spiro atoms. The molecule has 0 amide bonds. The first kappa shape index (κ1) is 36.8. The van der Waals surface area contributed by atoms with Crippen molar-refractivity contribution in [1.82, 2.24) is 15.0 Å². The van der Waals surface area contributed by atoms with Crippen molar-refractivity contribution in [3.05, 3.63) is 211 Å². The normalized spacial score (nSPS) is 11.4. The van der Waals surface area contributed by atoms with Gasteiger partial charge in [0.25, 0.3) is 0 Å². The van der Waals surface area contributed by atoms with Gasteiger partial charge in [-0.1, -0.05) is 193 Å². The smallest absolute Gasteiger partial charge is 0.164 e. The minimum atomic E-state index is 0.587. The summed E-state index contributed by atoms with van der Waals surface area (Å²) in [5.74, 6) is 1.83. The lowest BCUT2D eigenvalue weighted by Gasteiger charge is -2.14. The van der Waals surface area contributed by atoms with E-state index in [9.17, 15) is 5.26 Å². The monoisotopic (exact) mass is 790 g/mol. The molecule has 4 heteroatoms. The van der Waals surface area contributed by atoms with E-state index in [4.69, 9.17) is 15.0 Å². The minimum absolute atomic E-state index is 0.587. The maximum Gasteiger partial charge on any atom is 0.164 e. The number of fused-ring (bicyclic) bond motifs is 3. The zero-order chi connectivity index (χ0) is 41.7. The van der Waals surface area contributed by atoms with Gasteiger partial charge in [0.2, 0.25) is 0 Å². The fraction of sp³-hybridized carbons (Fsp3) is 0.0345. The highest BCUT2D eigenvalue weighted by atomic mass is 15.0. The second-order valence-corrected chi connectivity index (χ2v) is 16.0. The molecule has 290 valence electrons. The summed E-state index contributed by atoms with van der Waals surface area (Å²) >= 11 is 0. The van der Waals surface area contributed by atoms with Gasteiger partial charge in [-0.05, 0) is 98.0 Å². The van der Waals surface area contributed by atoms with Gasteiger partial charge in [0.1, 0.15) is 0 Å². The third kappa shape index (κ3) is 6.45. The molecule has 0 fully saturated rings. The molecule has 9 aromatic carbocycles. The third-order valence-corrected chi connectivity index (χ3v) is 12.1. The highest BCUT2D eigenvalue weighted by Gasteiger charge is 2.22. The van der Waals surface area contributed by atoms with Crippen LogP contribution in [0, 0.1) is 25.2 Å². The van der Waals surface area contributed by atoms with Crippen LogP contribution in [0.3, 0.4) is 0 Å². The van der Waals surface area contributed by atoms with Crippen molar-refractivity contribution in [3.63, 3.8) is 0 Å². The number of aryl methyl sites for hydroxylation is 2. The van der Waals surface area contributed by atoms with E-state index in [0.717, 1.165) is 50.1 Å². The van der Waals surface area contributed by atoms with Crippen LogP contribution in [-0.2, 0) is 0 Å². The Hall–Kier alpha value is -8.26. The van der Waals surface area contributed by atoms with Crippen molar-refractivity contribution < 1.29 is 0 Å². The predicted octanol–water partition coefficient (Wildman–Crippen LogP) is 14.8. The van der Waals surface area contributed by atoms with Crippen LogP contribution in [0.15, 0.2) is 194 Å². The van der Waals surface area contributed by atoms with Crippen molar-refractivity contribution in [2.75, 3.05) is 0 Å². The van der Waals surface area contributed by atoms with Gasteiger partial charge in [0.05, 0.1) is 11.6 Å². The fourth-order valence-corrected chi connectivity index (χ4v) is 8.92. The molecule has 0 radical (unpaired) electrons. The van der Waals surface area contributed by atoms with E-state index in [2.05, 4.69) is 190 Å². The Morgan fingerprint density at radius 2 is 0.790 bits per heavy atom. The standard InChI is InChI=1S/C58H38N4/c1-36-16-20-41(21-17-36)56-60-57(42-22-18-37(2)19-23-42)62-58(61-56)43-30-28-40(29-31-43)54-46(35-59)10-6-13-48(54)45-9-5-8-44(34-45)38-24-26-39(27-25-38)47-32-33-53-50-12-4-3-11-49(50)52-15-7-14-51(47)55(52)53/h3-34H,1-2H3. The van der Waals surface area contributed by atoms with E-state index in [0.29, 0.717) is 23.0 Å². The second kappa shape index (κ2) is 15.1. The summed E-state index contributed by atoms with van der Waals surface area (Å²) in [7, 11) is 0. The van der Waals surface area contributed by atoms with E-state index in [-0.39, 0.29) is 0 Å². The first-order chi connectivity index (χ1) is 30.5. The lowest BCUT2D eigenvalue weighted by Crippen LogP contribution is -2.00. The summed E-state index contributed by atoms with van der Waals surface area (Å²) in [6.07, 6.45) is 0. The Morgan fingerprint density at radius 1 is 0.339 bits per heavy atom. The molecule has 0 atom stereocenters. The van der Waals surface area contributed by atoms with Gasteiger partial charge in [0, 0.05) is 22.3 Å². The van der Waals surface area contributed by atoms with Crippen molar-refractivity contribution >= 4 is 10.8 Å². The molecular formula is C58H38N4. The average Bonchev–Trinajstić information content (AvgIpc) is 3.66. The molecule has 10 aromatic rings. The van der Waals surface area contributed by atoms with Crippen LogP contribution < -0.4 is 0 Å². The maximum atomic E-state index is 10.4. The van der Waals surface area contributed by atoms with Gasteiger partial charge in [-0.25, -0.2) is 15.0 Å². The summed E-state index contributed by atoms with van der Waals surface area (Å²) in [6.45, 7) is 4.14. The van der Waals surface area contributed by atoms with E-state index in [1.165, 1.54) is 55.3 Å². The average molecular weight is 791 g/mol. The van der Waals surface area contributed by atoms with Gasteiger partial charge in [-0.3, -0.25) is 0 Å². The van der Waals surface area contributed by atoms with Gasteiger partial charge in [-0.15, -0.1) is 0 Å². The molecule has 1 aliphatic rings. The predicted molar refractivity (Wildman–Crippen MR) is 254 cm³/mol. The maximum absolute atomic E-state index is 10.4. The van der Waals surface area contributed by atoms with Gasteiger partial charge in [-0.2, -0.15) is 5.26 Å². The SMILES string of the molecule is Cc1ccc(-c2nc(-c3ccc(C)cc3)nc(-c3ccc(-c4c(C#N)cccc4-c4cccc(-c5ccc(-c6ccc7c8c(cccc68)-c6ccccc6-7)cc5)c4)cc3)n2)cc1. The summed E-state index contributed by atoms with van der Waals surface area (Å²) in [4.78, 5) is 14.8. The first-order valence-electron chi connectivity index (χ1n) is 20.9. The lowest BCUT2D eigenvalue weighted by atomic mass is 9.89. The number of nitrogens with zero attached hydrogens (tertiary/aromatic N) is 4. The lowest BCUT2D eigenvalue weighted by molar-refractivity contribution is 1.07. The number of aromatic nitrogens is 3. The van der Waals surface area contributed by atoms with E-state index < -0.39 is 0 Å². The number of rotatable bonds is 7. The number of hydrogen-bond acceptors (Lipinski definition) is 4. The van der Waals surface area contributed by atoms with Crippen LogP contribution in [-0.4, -0.2) is 15.0 Å². The molecule has 0 unspecified atom stereocenters. The van der Waals surface area contributed by atoms with Crippen LogP contribution in [0.5, 0.6) is 0 Å². The van der Waals surface area contributed by atoms with Crippen LogP contribution in [0.1, 0.15) is 16.7 Å². The minimum Gasteiger partial charge on any atom is -0.208 e. The summed E-state index contributed by atoms with van der Waals surface area (Å²) in [6, 6.07) is 70.6. The Balaban J connectivity index is 0.927. The van der Waals surface area contributed by atoms with Crippen molar-refractivity contribution in [1.29, 1.82) is 5.26 Å². The molecule has 0 saturated heterocycles. The molecule has 11 rings (SSSR count). The van der Waals surface area contributed by atoms with E-state index in [1.807, 2.05) is 24.3 Å². The first-order valence-corrected chi connectivity index (χ1v) is 20.9. The summed E-state index contributed by atoms with van der Waals surface area (Å²) in [5.41, 5.74) is 19.4. The van der Waals surface area contributed by atoms with Crippen molar-refractivity contribution in [2.24, 2.45) is 0 Å². The molecule has 0 saturated carbocycles. The highest BCUT2D eigenvalue weighted by molar-refractivity contribution is 6.18. The third-order valence-electron chi connectivity index (χ3n) is 12.1. The van der Waals surface area contributed by atoms with E-state index >= 15 is 0 Å². The van der Waals surface area contributed by atoms with Crippen LogP contribution in [0.25, 0.3) is 112 Å². The van der Waals surface area contributed by atoms with E-state index in [1.54, 1.807) is 0 Å². The van der Waals surface area contributed by atoms with Gasteiger partial charge in [0.15, 0.2) is 17.5 Å². The molecule has 62 heavy (non-hydrogen) atoms. The highest BCUT2D eigenvalue weighted by Crippen LogP contribution is 2.49. The molecule has 1 aromatic heterocycles. The Kier molecular flexibility index (Phi) is 8.95. The zero-order valence-corrected chi connectivity index (χ0v) is 34.3. The Labute approximate surface area is 361 Å².